The summed E-state index contributed by atoms with van der Waals surface area (Å²) in [6.07, 6.45) is 0. The number of nitrogens with zero attached hydrogens (tertiary/aromatic N) is 3. The van der Waals surface area contributed by atoms with Crippen molar-refractivity contribution in [1.82, 2.24) is 15.2 Å². The predicted octanol–water partition coefficient (Wildman–Crippen LogP) is 1.67. The molecule has 1 aromatic heterocycles. The van der Waals surface area contributed by atoms with Gasteiger partial charge in [0.05, 0.1) is 4.92 Å². The summed E-state index contributed by atoms with van der Waals surface area (Å²) in [7, 11) is 0. The Bertz CT molecular complexity index is 623. The van der Waals surface area contributed by atoms with Crippen LogP contribution in [0.1, 0.15) is 5.82 Å². The number of rotatable bonds is 3. The maximum atomic E-state index is 11.6. The van der Waals surface area contributed by atoms with Gasteiger partial charge in [-0.1, -0.05) is 6.07 Å². The van der Waals surface area contributed by atoms with E-state index < -0.39 is 11.0 Å². The van der Waals surface area contributed by atoms with Crippen molar-refractivity contribution in [2.24, 2.45) is 0 Å². The Morgan fingerprint density at radius 2 is 2.21 bits per heavy atom. The summed E-state index contributed by atoms with van der Waals surface area (Å²) in [5, 5.41) is 21.7. The maximum absolute atomic E-state index is 11.6. The molecule has 0 spiro atoms. The van der Waals surface area contributed by atoms with E-state index in [2.05, 4.69) is 25.8 Å². The number of aromatic nitrogens is 3. The summed E-state index contributed by atoms with van der Waals surface area (Å²) in [5.41, 5.74) is 0.200. The lowest BCUT2D eigenvalue weighted by Crippen LogP contribution is -2.20. The number of anilines is 2. The molecule has 0 aliphatic carbocycles. The first-order valence-electron chi connectivity index (χ1n) is 5.26. The zero-order chi connectivity index (χ0) is 13.8. The number of benzene rings is 1. The number of carbonyl (C=O) groups is 1. The van der Waals surface area contributed by atoms with Crippen LogP contribution in [0.15, 0.2) is 24.3 Å². The molecule has 0 bridgehead atoms. The van der Waals surface area contributed by atoms with Crippen LogP contribution < -0.4 is 10.6 Å². The quantitative estimate of drug-likeness (QED) is 0.572. The van der Waals surface area contributed by atoms with Gasteiger partial charge in [0.2, 0.25) is 5.95 Å². The monoisotopic (exact) mass is 262 g/mol. The molecule has 0 radical (unpaired) electrons. The molecule has 2 aromatic rings. The number of non-ortho nitro benzene ring substituents is 1. The Balaban J connectivity index is 2.02. The topological polar surface area (TPSA) is 126 Å². The van der Waals surface area contributed by atoms with E-state index in [0.717, 1.165) is 0 Å². The number of H-pyrrole nitrogens is 1. The van der Waals surface area contributed by atoms with Gasteiger partial charge >= 0.3 is 6.03 Å². The minimum atomic E-state index is -0.584. The molecule has 0 aliphatic rings. The molecule has 0 atom stereocenters. The number of hydrogen-bond donors (Lipinski definition) is 3. The van der Waals surface area contributed by atoms with Crippen LogP contribution in [-0.4, -0.2) is 26.1 Å². The largest absolute Gasteiger partial charge is 0.326 e. The number of aryl methyl sites for hydroxylation is 1. The minimum absolute atomic E-state index is 0.105. The highest BCUT2D eigenvalue weighted by Crippen LogP contribution is 2.17. The van der Waals surface area contributed by atoms with Crippen LogP contribution in [0.4, 0.5) is 22.1 Å². The van der Waals surface area contributed by atoms with Crippen LogP contribution in [0.3, 0.4) is 0 Å². The van der Waals surface area contributed by atoms with Gasteiger partial charge in [0, 0.05) is 17.8 Å². The Labute approximate surface area is 107 Å². The van der Waals surface area contributed by atoms with Gasteiger partial charge in [-0.05, 0) is 13.0 Å². The molecule has 98 valence electrons. The van der Waals surface area contributed by atoms with Gasteiger partial charge in [-0.25, -0.2) is 4.79 Å². The number of carbonyl (C=O) groups excluding carboxylic acids is 1. The van der Waals surface area contributed by atoms with E-state index in [1.807, 2.05) is 0 Å². The smallest absolute Gasteiger partial charge is 0.307 e. The van der Waals surface area contributed by atoms with Crippen LogP contribution in [-0.2, 0) is 0 Å². The second-order valence-electron chi connectivity index (χ2n) is 3.63. The summed E-state index contributed by atoms with van der Waals surface area (Å²) in [5.74, 6) is 0.686. The van der Waals surface area contributed by atoms with Crippen molar-refractivity contribution < 1.29 is 9.72 Å². The average Bonchev–Trinajstić information content (AvgIpc) is 2.74. The van der Waals surface area contributed by atoms with Gasteiger partial charge < -0.3 is 5.32 Å². The predicted molar refractivity (Wildman–Crippen MR) is 66.9 cm³/mol. The number of nitro benzene ring substituents is 1. The Morgan fingerprint density at radius 1 is 1.42 bits per heavy atom. The van der Waals surface area contributed by atoms with E-state index in [4.69, 9.17) is 0 Å². The third kappa shape index (κ3) is 3.25. The highest BCUT2D eigenvalue weighted by Gasteiger charge is 2.09. The first-order valence-corrected chi connectivity index (χ1v) is 5.26. The Morgan fingerprint density at radius 3 is 2.84 bits per heavy atom. The number of hydrogen-bond acceptors (Lipinski definition) is 5. The molecule has 9 heteroatoms. The normalized spacial score (nSPS) is 9.95. The maximum Gasteiger partial charge on any atom is 0.326 e. The minimum Gasteiger partial charge on any atom is -0.307 e. The number of urea groups is 1. The summed E-state index contributed by atoms with van der Waals surface area (Å²) in [6.45, 7) is 1.69. The van der Waals surface area contributed by atoms with Gasteiger partial charge in [0.1, 0.15) is 5.82 Å². The standard InChI is InChI=1S/C10H10N6O3/c1-6-11-9(15-14-6)13-10(17)12-7-3-2-4-8(5-7)16(18)19/h2-5H,1H3,(H3,11,12,13,14,15,17). The molecule has 3 N–H and O–H groups in total. The van der Waals surface area contributed by atoms with E-state index in [1.165, 1.54) is 24.3 Å². The molecule has 9 nitrogen and oxygen atoms in total. The lowest BCUT2D eigenvalue weighted by molar-refractivity contribution is -0.384. The van der Waals surface area contributed by atoms with Gasteiger partial charge in [0.25, 0.3) is 5.69 Å². The summed E-state index contributed by atoms with van der Waals surface area (Å²) in [4.78, 5) is 25.5. The molecule has 0 unspecified atom stereocenters. The summed E-state index contributed by atoms with van der Waals surface area (Å²) in [6, 6.07) is 5.02. The second-order valence-corrected chi connectivity index (χ2v) is 3.63. The fraction of sp³-hybridized carbons (Fsp3) is 0.100. The van der Waals surface area contributed by atoms with Crippen LogP contribution >= 0.6 is 0 Å². The van der Waals surface area contributed by atoms with Crippen molar-refractivity contribution in [2.45, 2.75) is 6.92 Å². The molecule has 0 aliphatic heterocycles. The SMILES string of the molecule is Cc1nc(NC(=O)Nc2cccc([N+](=O)[O-])c2)n[nH]1. The molecule has 2 rings (SSSR count). The zero-order valence-corrected chi connectivity index (χ0v) is 9.88. The van der Waals surface area contributed by atoms with E-state index in [0.29, 0.717) is 11.5 Å². The van der Waals surface area contributed by atoms with Gasteiger partial charge in [-0.15, -0.1) is 5.10 Å². The van der Waals surface area contributed by atoms with Gasteiger partial charge in [-0.2, -0.15) is 4.98 Å². The van der Waals surface area contributed by atoms with Crippen molar-refractivity contribution in [1.29, 1.82) is 0 Å². The molecule has 0 saturated carbocycles. The van der Waals surface area contributed by atoms with Crippen molar-refractivity contribution in [3.05, 3.63) is 40.2 Å². The number of nitrogens with one attached hydrogen (secondary N) is 3. The first-order chi connectivity index (χ1) is 9.04. The molecule has 0 saturated heterocycles. The third-order valence-corrected chi connectivity index (χ3v) is 2.14. The molecule has 0 fully saturated rings. The van der Waals surface area contributed by atoms with Crippen LogP contribution in [0.25, 0.3) is 0 Å². The van der Waals surface area contributed by atoms with E-state index in [-0.39, 0.29) is 11.6 Å². The average molecular weight is 262 g/mol. The molecule has 2 amide bonds. The molecule has 1 heterocycles. The third-order valence-electron chi connectivity index (χ3n) is 2.14. The van der Waals surface area contributed by atoms with E-state index >= 15 is 0 Å². The van der Waals surface area contributed by atoms with Crippen molar-refractivity contribution in [3.63, 3.8) is 0 Å². The molecule has 19 heavy (non-hydrogen) atoms. The fourth-order valence-electron chi connectivity index (χ4n) is 1.36. The lowest BCUT2D eigenvalue weighted by atomic mass is 10.3. The number of aromatic amines is 1. The van der Waals surface area contributed by atoms with E-state index in [9.17, 15) is 14.9 Å². The van der Waals surface area contributed by atoms with Crippen LogP contribution in [0, 0.1) is 17.0 Å². The van der Waals surface area contributed by atoms with Gasteiger partial charge in [0.15, 0.2) is 0 Å². The van der Waals surface area contributed by atoms with Crippen molar-refractivity contribution in [2.75, 3.05) is 10.6 Å². The van der Waals surface area contributed by atoms with Crippen LogP contribution in [0.5, 0.6) is 0 Å². The van der Waals surface area contributed by atoms with Gasteiger partial charge in [-0.3, -0.25) is 20.5 Å². The number of nitro groups is 1. The summed E-state index contributed by atoms with van der Waals surface area (Å²) < 4.78 is 0. The Hall–Kier alpha value is -2.97. The van der Waals surface area contributed by atoms with E-state index in [1.54, 1.807) is 6.92 Å². The first kappa shape index (κ1) is 12.5. The van der Waals surface area contributed by atoms with Crippen molar-refractivity contribution in [3.8, 4) is 0 Å². The highest BCUT2D eigenvalue weighted by molar-refractivity contribution is 5.98. The molecular formula is C10H10N6O3. The summed E-state index contributed by atoms with van der Waals surface area (Å²) >= 11 is 0. The van der Waals surface area contributed by atoms with Crippen molar-refractivity contribution >= 4 is 23.4 Å². The highest BCUT2D eigenvalue weighted by atomic mass is 16.6. The molecule has 1 aromatic carbocycles. The zero-order valence-electron chi connectivity index (χ0n) is 9.88. The number of amides is 2. The molecular weight excluding hydrogens is 252 g/mol. The lowest BCUT2D eigenvalue weighted by Gasteiger charge is -2.04. The Kier molecular flexibility index (Phi) is 3.37. The van der Waals surface area contributed by atoms with Crippen LogP contribution in [0.2, 0.25) is 0 Å². The second kappa shape index (κ2) is 5.12. The fourth-order valence-corrected chi connectivity index (χ4v) is 1.36.